The number of amides is 2. The summed E-state index contributed by atoms with van der Waals surface area (Å²) < 4.78 is 30.9. The van der Waals surface area contributed by atoms with Crippen LogP contribution < -0.4 is 5.32 Å². The summed E-state index contributed by atoms with van der Waals surface area (Å²) in [6, 6.07) is -0.164. The predicted octanol–water partition coefficient (Wildman–Crippen LogP) is 1.72. The third-order valence-corrected chi connectivity index (χ3v) is 3.40. The summed E-state index contributed by atoms with van der Waals surface area (Å²) in [5.41, 5.74) is 0.632. The van der Waals surface area contributed by atoms with Gasteiger partial charge in [-0.15, -0.1) is 0 Å². The van der Waals surface area contributed by atoms with Crippen LogP contribution in [0.25, 0.3) is 0 Å². The third kappa shape index (κ3) is 4.17. The van der Waals surface area contributed by atoms with Gasteiger partial charge in [-0.2, -0.15) is 0 Å². The van der Waals surface area contributed by atoms with E-state index in [1.807, 2.05) is 0 Å². The number of carbonyl (C=O) groups excluding carboxylic acids is 1. The number of carboxylic acid groups (broad SMARTS) is 1. The molecule has 1 atom stereocenters. The van der Waals surface area contributed by atoms with Gasteiger partial charge in [0.2, 0.25) is 0 Å². The van der Waals surface area contributed by atoms with Crippen LogP contribution in [0.5, 0.6) is 0 Å². The molecule has 0 bridgehead atoms. The Kier molecular flexibility index (Phi) is 4.44. The van der Waals surface area contributed by atoms with E-state index in [0.29, 0.717) is 5.56 Å². The average Bonchev–Trinajstić information content (AvgIpc) is 2.90. The van der Waals surface area contributed by atoms with Crippen LogP contribution >= 0.6 is 0 Å². The number of nitrogens with one attached hydrogen (secondary N) is 1. The molecule has 1 unspecified atom stereocenters. The van der Waals surface area contributed by atoms with Gasteiger partial charge in [-0.1, -0.05) is 0 Å². The largest absolute Gasteiger partial charge is 0.480 e. The zero-order chi connectivity index (χ0) is 15.5. The summed E-state index contributed by atoms with van der Waals surface area (Å²) in [7, 11) is 0. The van der Waals surface area contributed by atoms with E-state index in [-0.39, 0.29) is 19.5 Å². The molecule has 1 aromatic rings. The number of carbonyl (C=O) groups is 2. The van der Waals surface area contributed by atoms with Gasteiger partial charge in [0.05, 0.1) is 12.5 Å². The van der Waals surface area contributed by atoms with Crippen molar-refractivity contribution >= 4 is 12.0 Å². The first-order chi connectivity index (χ1) is 9.87. The molecule has 0 radical (unpaired) electrons. The first-order valence-corrected chi connectivity index (χ1v) is 6.54. The monoisotopic (exact) mass is 302 g/mol. The number of hydrogen-bond donors (Lipinski definition) is 2. The number of hydrogen-bond acceptors (Lipinski definition) is 3. The van der Waals surface area contributed by atoms with Gasteiger partial charge in [-0.3, -0.25) is 0 Å². The second-order valence-electron chi connectivity index (χ2n) is 5.02. The molecule has 6 nitrogen and oxygen atoms in total. The van der Waals surface area contributed by atoms with Crippen LogP contribution in [-0.4, -0.2) is 47.1 Å². The Bertz CT molecular complexity index is 494. The molecule has 0 aliphatic carbocycles. The van der Waals surface area contributed by atoms with Crippen molar-refractivity contribution in [3.8, 4) is 0 Å². The molecule has 0 spiro atoms. The highest BCUT2D eigenvalue weighted by molar-refractivity contribution is 5.82. The number of rotatable bonds is 4. The molecular formula is C13H16F2N2O4. The van der Waals surface area contributed by atoms with E-state index in [9.17, 15) is 18.4 Å². The number of piperidine rings is 1. The van der Waals surface area contributed by atoms with Crippen LogP contribution in [0.4, 0.5) is 13.6 Å². The van der Waals surface area contributed by atoms with Gasteiger partial charge in [-0.25, -0.2) is 18.4 Å². The number of halogens is 2. The normalized spacial score (nSPS) is 19.0. The number of aliphatic carboxylic acids is 1. The summed E-state index contributed by atoms with van der Waals surface area (Å²) >= 11 is 0. The molecule has 0 saturated carbocycles. The maximum Gasteiger partial charge on any atom is 0.326 e. The molecule has 1 aromatic heterocycles. The average molecular weight is 302 g/mol. The number of likely N-dealkylation sites (tertiary alicyclic amines) is 1. The highest BCUT2D eigenvalue weighted by atomic mass is 19.3. The Labute approximate surface area is 119 Å². The molecule has 21 heavy (non-hydrogen) atoms. The Morgan fingerprint density at radius 1 is 1.43 bits per heavy atom. The maximum absolute atomic E-state index is 13.0. The van der Waals surface area contributed by atoms with Crippen molar-refractivity contribution in [2.24, 2.45) is 0 Å². The van der Waals surface area contributed by atoms with E-state index in [0.717, 1.165) is 0 Å². The number of urea groups is 1. The highest BCUT2D eigenvalue weighted by Crippen LogP contribution is 2.27. The summed E-state index contributed by atoms with van der Waals surface area (Å²) in [5, 5.41) is 11.5. The standard InChI is InChI=1S/C13H16F2N2O4/c14-13(15)2-4-17(5-3-13)12(20)16-10(11(18)19)7-9-1-6-21-8-9/h1,6,8,10H,2-5,7H2,(H,16,20)(H,18,19). The lowest BCUT2D eigenvalue weighted by molar-refractivity contribution is -0.139. The van der Waals surface area contributed by atoms with Crippen LogP contribution in [0.15, 0.2) is 23.0 Å². The summed E-state index contributed by atoms with van der Waals surface area (Å²) in [4.78, 5) is 24.3. The van der Waals surface area contributed by atoms with E-state index in [2.05, 4.69) is 5.32 Å². The first kappa shape index (κ1) is 15.3. The molecule has 2 rings (SSSR count). The molecule has 1 aliphatic heterocycles. The van der Waals surface area contributed by atoms with Gasteiger partial charge < -0.3 is 19.7 Å². The Morgan fingerprint density at radius 3 is 2.62 bits per heavy atom. The Morgan fingerprint density at radius 2 is 2.10 bits per heavy atom. The number of furan rings is 1. The van der Waals surface area contributed by atoms with Gasteiger partial charge >= 0.3 is 12.0 Å². The molecule has 2 heterocycles. The van der Waals surface area contributed by atoms with Crippen molar-refractivity contribution in [2.45, 2.75) is 31.2 Å². The Hall–Kier alpha value is -2.12. The topological polar surface area (TPSA) is 82.8 Å². The van der Waals surface area contributed by atoms with Crippen LogP contribution in [-0.2, 0) is 11.2 Å². The molecule has 1 fully saturated rings. The van der Waals surface area contributed by atoms with Crippen molar-refractivity contribution < 1.29 is 27.9 Å². The Balaban J connectivity index is 1.91. The zero-order valence-corrected chi connectivity index (χ0v) is 11.2. The minimum Gasteiger partial charge on any atom is -0.480 e. The molecule has 0 aromatic carbocycles. The fourth-order valence-electron chi connectivity index (χ4n) is 2.12. The van der Waals surface area contributed by atoms with E-state index in [1.54, 1.807) is 6.07 Å². The summed E-state index contributed by atoms with van der Waals surface area (Å²) in [6.07, 6.45) is 2.06. The minimum atomic E-state index is -2.75. The molecule has 2 amide bonds. The lowest BCUT2D eigenvalue weighted by Crippen LogP contribution is -2.52. The molecule has 8 heteroatoms. The van der Waals surface area contributed by atoms with E-state index in [4.69, 9.17) is 9.52 Å². The van der Waals surface area contributed by atoms with Gasteiger partial charge in [-0.05, 0) is 11.6 Å². The fraction of sp³-hybridized carbons (Fsp3) is 0.538. The van der Waals surface area contributed by atoms with E-state index < -0.39 is 36.8 Å². The molecule has 116 valence electrons. The van der Waals surface area contributed by atoms with Gasteiger partial charge in [0.25, 0.3) is 5.92 Å². The van der Waals surface area contributed by atoms with Crippen molar-refractivity contribution in [2.75, 3.05) is 13.1 Å². The lowest BCUT2D eigenvalue weighted by Gasteiger charge is -2.32. The second kappa shape index (κ2) is 6.11. The van der Waals surface area contributed by atoms with Crippen molar-refractivity contribution in [1.29, 1.82) is 0 Å². The second-order valence-corrected chi connectivity index (χ2v) is 5.02. The number of alkyl halides is 2. The molecule has 1 saturated heterocycles. The maximum atomic E-state index is 13.0. The third-order valence-electron chi connectivity index (χ3n) is 3.40. The molecule has 1 aliphatic rings. The number of nitrogens with zero attached hydrogens (tertiary/aromatic N) is 1. The van der Waals surface area contributed by atoms with Crippen molar-refractivity contribution in [3.63, 3.8) is 0 Å². The highest BCUT2D eigenvalue weighted by Gasteiger charge is 2.36. The van der Waals surface area contributed by atoms with Crippen LogP contribution in [0, 0.1) is 0 Å². The van der Waals surface area contributed by atoms with Crippen LogP contribution in [0.3, 0.4) is 0 Å². The predicted molar refractivity (Wildman–Crippen MR) is 68.1 cm³/mol. The first-order valence-electron chi connectivity index (χ1n) is 6.54. The quantitative estimate of drug-likeness (QED) is 0.887. The summed E-state index contributed by atoms with van der Waals surface area (Å²) in [6.45, 7) is -0.173. The van der Waals surface area contributed by atoms with E-state index in [1.165, 1.54) is 17.4 Å². The number of carboxylic acids is 1. The van der Waals surface area contributed by atoms with Gasteiger partial charge in [0.15, 0.2) is 0 Å². The van der Waals surface area contributed by atoms with Crippen LogP contribution in [0.1, 0.15) is 18.4 Å². The van der Waals surface area contributed by atoms with Crippen LogP contribution in [0.2, 0.25) is 0 Å². The van der Waals surface area contributed by atoms with Gasteiger partial charge in [0.1, 0.15) is 6.04 Å². The fourth-order valence-corrected chi connectivity index (χ4v) is 2.12. The smallest absolute Gasteiger partial charge is 0.326 e. The van der Waals surface area contributed by atoms with Crippen molar-refractivity contribution in [3.05, 3.63) is 24.2 Å². The van der Waals surface area contributed by atoms with E-state index >= 15 is 0 Å². The molecule has 2 N–H and O–H groups in total. The molecular weight excluding hydrogens is 286 g/mol. The lowest BCUT2D eigenvalue weighted by atomic mass is 10.1. The van der Waals surface area contributed by atoms with Gasteiger partial charge in [0, 0.05) is 32.4 Å². The summed E-state index contributed by atoms with van der Waals surface area (Å²) in [5.74, 6) is -3.94. The zero-order valence-electron chi connectivity index (χ0n) is 11.2. The minimum absolute atomic E-state index is 0.0710. The SMILES string of the molecule is O=C(O)C(Cc1ccoc1)NC(=O)N1CCC(F)(F)CC1. The van der Waals surface area contributed by atoms with Crippen molar-refractivity contribution in [1.82, 2.24) is 10.2 Å².